The number of rotatable bonds is 5. The number of amides is 2. The summed E-state index contributed by atoms with van der Waals surface area (Å²) in [7, 11) is 0. The second kappa shape index (κ2) is 9.34. The van der Waals surface area contributed by atoms with E-state index in [1.807, 2.05) is 73.7 Å². The number of aromatic nitrogens is 5. The molecule has 0 aliphatic rings. The highest BCUT2D eigenvalue weighted by molar-refractivity contribution is 5.99. The Morgan fingerprint density at radius 2 is 1.74 bits per heavy atom. The minimum Gasteiger partial charge on any atom is -0.307 e. The molecule has 2 aromatic heterocycles. The smallest absolute Gasteiger partial charge is 0.307 e. The number of hydrogen-bond donors (Lipinski definition) is 2. The van der Waals surface area contributed by atoms with Crippen LogP contribution in [-0.4, -0.2) is 30.8 Å². The van der Waals surface area contributed by atoms with E-state index in [0.29, 0.717) is 11.3 Å². The first-order chi connectivity index (χ1) is 17.0. The highest BCUT2D eigenvalue weighted by Gasteiger charge is 2.12. The van der Waals surface area contributed by atoms with Crippen molar-refractivity contribution < 1.29 is 4.79 Å². The van der Waals surface area contributed by atoms with Crippen LogP contribution in [-0.2, 0) is 0 Å². The van der Waals surface area contributed by atoms with Gasteiger partial charge in [-0.2, -0.15) is 0 Å². The zero-order chi connectivity index (χ0) is 24.4. The number of carbonyl (C=O) groups is 1. The van der Waals surface area contributed by atoms with E-state index in [1.165, 1.54) is 5.56 Å². The first-order valence-electron chi connectivity index (χ1n) is 11.4. The van der Waals surface area contributed by atoms with Crippen molar-refractivity contribution in [3.05, 3.63) is 90.4 Å². The van der Waals surface area contributed by atoms with E-state index in [0.717, 1.165) is 27.9 Å². The molecule has 0 aliphatic heterocycles. The average molecular weight is 464 g/mol. The maximum atomic E-state index is 12.5. The van der Waals surface area contributed by atoms with E-state index in [9.17, 15) is 4.79 Å². The molecule has 0 radical (unpaired) electrons. The second-order valence-electron chi connectivity index (χ2n) is 8.64. The number of benzene rings is 3. The fraction of sp³-hybridized carbons (Fsp3) is 0.148. The lowest BCUT2D eigenvalue weighted by Crippen LogP contribution is -2.21. The Morgan fingerprint density at radius 3 is 2.54 bits per heavy atom. The Kier molecular flexibility index (Phi) is 5.93. The van der Waals surface area contributed by atoms with Gasteiger partial charge in [-0.15, -0.1) is 5.10 Å². The van der Waals surface area contributed by atoms with Gasteiger partial charge in [0.1, 0.15) is 6.33 Å². The van der Waals surface area contributed by atoms with Crippen LogP contribution in [0.3, 0.4) is 0 Å². The minimum absolute atomic E-state index is 0.228. The first-order valence-corrected chi connectivity index (χ1v) is 11.4. The van der Waals surface area contributed by atoms with Gasteiger partial charge >= 0.3 is 6.03 Å². The zero-order valence-electron chi connectivity index (χ0n) is 19.7. The maximum absolute atomic E-state index is 12.5. The van der Waals surface area contributed by atoms with Gasteiger partial charge in [-0.05, 0) is 54.8 Å². The van der Waals surface area contributed by atoms with Gasteiger partial charge in [-0.3, -0.25) is 5.32 Å². The van der Waals surface area contributed by atoms with Gasteiger partial charge in [0, 0.05) is 22.8 Å². The summed E-state index contributed by atoms with van der Waals surface area (Å²) in [6.45, 7) is 6.22. The molecule has 2 amide bonds. The lowest BCUT2D eigenvalue weighted by Gasteiger charge is -2.13. The van der Waals surface area contributed by atoms with Gasteiger partial charge in [0.15, 0.2) is 5.82 Å². The molecular weight excluding hydrogens is 438 g/mol. The van der Waals surface area contributed by atoms with E-state index in [1.54, 1.807) is 17.2 Å². The van der Waals surface area contributed by atoms with Crippen LogP contribution < -0.4 is 10.6 Å². The summed E-state index contributed by atoms with van der Waals surface area (Å²) in [6, 6.07) is 21.2. The first kappa shape index (κ1) is 22.2. The van der Waals surface area contributed by atoms with E-state index in [4.69, 9.17) is 0 Å². The van der Waals surface area contributed by atoms with Crippen molar-refractivity contribution >= 4 is 28.6 Å². The molecule has 8 heteroatoms. The van der Waals surface area contributed by atoms with Crippen molar-refractivity contribution in [2.24, 2.45) is 0 Å². The van der Waals surface area contributed by atoms with Crippen molar-refractivity contribution in [3.8, 4) is 17.1 Å². The average Bonchev–Trinajstić information content (AvgIpc) is 3.34. The Morgan fingerprint density at radius 1 is 0.943 bits per heavy atom. The molecule has 2 N–H and O–H groups in total. The van der Waals surface area contributed by atoms with Crippen LogP contribution in [0.2, 0.25) is 0 Å². The molecule has 0 saturated heterocycles. The van der Waals surface area contributed by atoms with Crippen LogP contribution in [0.4, 0.5) is 16.4 Å². The van der Waals surface area contributed by atoms with Crippen LogP contribution in [0, 0.1) is 6.92 Å². The Hall–Kier alpha value is -4.59. The molecule has 35 heavy (non-hydrogen) atoms. The molecule has 8 nitrogen and oxygen atoms in total. The molecule has 2 heterocycles. The van der Waals surface area contributed by atoms with Crippen molar-refractivity contribution in [2.75, 3.05) is 10.6 Å². The SMILES string of the molecule is Cc1ccc(-n2cnc(-c3ccc4nc(NC(=O)Nc5ccccc5C(C)C)ncc4c3)n2)cc1. The van der Waals surface area contributed by atoms with E-state index < -0.39 is 0 Å². The number of nitrogens with one attached hydrogen (secondary N) is 2. The molecule has 0 spiro atoms. The van der Waals surface area contributed by atoms with Gasteiger partial charge in [0.2, 0.25) is 5.95 Å². The zero-order valence-corrected chi connectivity index (χ0v) is 19.7. The fourth-order valence-corrected chi connectivity index (χ4v) is 3.82. The van der Waals surface area contributed by atoms with Crippen LogP contribution in [0.1, 0.15) is 30.9 Å². The maximum Gasteiger partial charge on any atom is 0.326 e. The normalized spacial score (nSPS) is 11.1. The van der Waals surface area contributed by atoms with Crippen LogP contribution in [0.5, 0.6) is 0 Å². The third-order valence-electron chi connectivity index (χ3n) is 5.68. The predicted octanol–water partition coefficient (Wildman–Crippen LogP) is 5.95. The summed E-state index contributed by atoms with van der Waals surface area (Å²) in [5.74, 6) is 1.12. The number of para-hydroxylation sites is 1. The highest BCUT2D eigenvalue weighted by Crippen LogP contribution is 2.24. The molecule has 174 valence electrons. The lowest BCUT2D eigenvalue weighted by atomic mass is 10.0. The third-order valence-corrected chi connectivity index (χ3v) is 5.68. The number of nitrogens with zero attached hydrogens (tertiary/aromatic N) is 5. The van der Waals surface area contributed by atoms with Crippen molar-refractivity contribution in [2.45, 2.75) is 26.7 Å². The highest BCUT2D eigenvalue weighted by atomic mass is 16.2. The fourth-order valence-electron chi connectivity index (χ4n) is 3.82. The summed E-state index contributed by atoms with van der Waals surface area (Å²) in [6.07, 6.45) is 3.38. The molecule has 0 bridgehead atoms. The summed E-state index contributed by atoms with van der Waals surface area (Å²) < 4.78 is 1.75. The molecule has 0 fully saturated rings. The Bertz CT molecular complexity index is 1510. The molecule has 0 aliphatic carbocycles. The number of fused-ring (bicyclic) bond motifs is 1. The monoisotopic (exact) mass is 463 g/mol. The molecule has 3 aromatic carbocycles. The van der Waals surface area contributed by atoms with Crippen molar-refractivity contribution in [1.29, 1.82) is 0 Å². The Labute approximate surface area is 203 Å². The van der Waals surface area contributed by atoms with Gasteiger partial charge < -0.3 is 5.32 Å². The number of aryl methyl sites for hydroxylation is 1. The number of hydrogen-bond acceptors (Lipinski definition) is 5. The second-order valence-corrected chi connectivity index (χ2v) is 8.64. The van der Waals surface area contributed by atoms with E-state index in [2.05, 4.69) is 44.5 Å². The molecular formula is C27H25N7O. The van der Waals surface area contributed by atoms with Gasteiger partial charge in [0.25, 0.3) is 0 Å². The van der Waals surface area contributed by atoms with Gasteiger partial charge in [-0.25, -0.2) is 24.4 Å². The van der Waals surface area contributed by atoms with Gasteiger partial charge in [0.05, 0.1) is 11.2 Å². The minimum atomic E-state index is -0.389. The van der Waals surface area contributed by atoms with Crippen LogP contribution >= 0.6 is 0 Å². The summed E-state index contributed by atoms with van der Waals surface area (Å²) in [5, 5.41) is 11.0. The largest absolute Gasteiger partial charge is 0.326 e. The van der Waals surface area contributed by atoms with Crippen molar-refractivity contribution in [3.63, 3.8) is 0 Å². The molecule has 5 rings (SSSR count). The molecule has 0 saturated carbocycles. The van der Waals surface area contributed by atoms with Crippen LogP contribution in [0.15, 0.2) is 79.3 Å². The topological polar surface area (TPSA) is 97.6 Å². The summed E-state index contributed by atoms with van der Waals surface area (Å²) in [4.78, 5) is 25.8. The van der Waals surface area contributed by atoms with Gasteiger partial charge in [-0.1, -0.05) is 49.7 Å². The van der Waals surface area contributed by atoms with E-state index >= 15 is 0 Å². The van der Waals surface area contributed by atoms with E-state index in [-0.39, 0.29) is 17.9 Å². The molecule has 0 atom stereocenters. The lowest BCUT2D eigenvalue weighted by molar-refractivity contribution is 0.262. The Balaban J connectivity index is 1.32. The standard InChI is InChI=1S/C27H25N7O/c1-17(2)22-6-4-5-7-24(22)31-27(35)32-26-28-15-20-14-19(10-13-23(20)30-26)25-29-16-34(33-25)21-11-8-18(3)9-12-21/h4-17H,1-3H3,(H2,28,30,31,32,35). The van der Waals surface area contributed by atoms with Crippen molar-refractivity contribution in [1.82, 2.24) is 24.7 Å². The quantitative estimate of drug-likeness (QED) is 0.335. The molecule has 5 aromatic rings. The number of anilines is 2. The number of urea groups is 1. The summed E-state index contributed by atoms with van der Waals surface area (Å²) in [5.41, 5.74) is 5.53. The summed E-state index contributed by atoms with van der Waals surface area (Å²) >= 11 is 0. The third kappa shape index (κ3) is 4.86. The van der Waals surface area contributed by atoms with Crippen LogP contribution in [0.25, 0.3) is 28.0 Å². The predicted molar refractivity (Wildman–Crippen MR) is 138 cm³/mol. The molecule has 0 unspecified atom stereocenters. The number of carbonyl (C=O) groups excluding carboxylic acids is 1.